The maximum Gasteiger partial charge on any atom is 0.287 e. The van der Waals surface area contributed by atoms with Crippen molar-refractivity contribution >= 4 is 28.6 Å². The van der Waals surface area contributed by atoms with Crippen LogP contribution in [0.1, 0.15) is 35.3 Å². The number of nitrogens with zero attached hydrogens (tertiary/aromatic N) is 3. The number of fused-ring (bicyclic) bond motifs is 1. The van der Waals surface area contributed by atoms with Gasteiger partial charge >= 0.3 is 0 Å². The lowest BCUT2D eigenvalue weighted by Gasteiger charge is -2.35. The number of aromatic nitrogens is 1. The Morgan fingerprint density at radius 1 is 1.24 bits per heavy atom. The molecule has 0 N–H and O–H groups in total. The molecule has 2 heterocycles. The first-order chi connectivity index (χ1) is 10.1. The highest BCUT2D eigenvalue weighted by molar-refractivity contribution is 7.11. The Labute approximate surface area is 129 Å². The lowest BCUT2D eigenvalue weighted by molar-refractivity contribution is 0.0986. The van der Waals surface area contributed by atoms with Crippen molar-refractivity contribution in [3.63, 3.8) is 0 Å². The van der Waals surface area contributed by atoms with E-state index in [0.29, 0.717) is 17.5 Å². The van der Waals surface area contributed by atoms with Crippen molar-refractivity contribution < 1.29 is 4.79 Å². The summed E-state index contributed by atoms with van der Waals surface area (Å²) in [7, 11) is 2.06. The van der Waals surface area contributed by atoms with Gasteiger partial charge in [-0.2, -0.15) is 0 Å². The number of para-hydroxylation sites is 2. The van der Waals surface area contributed by atoms with Crippen LogP contribution in [0.3, 0.4) is 0 Å². The van der Waals surface area contributed by atoms with E-state index in [2.05, 4.69) is 36.8 Å². The van der Waals surface area contributed by atoms with Crippen LogP contribution in [-0.2, 0) is 0 Å². The van der Waals surface area contributed by atoms with Crippen LogP contribution in [0.4, 0.5) is 11.4 Å². The number of rotatable bonds is 2. The second-order valence-electron chi connectivity index (χ2n) is 5.60. The fraction of sp³-hybridized carbons (Fsp3) is 0.375. The average Bonchev–Trinajstić information content (AvgIpc) is 2.97. The normalized spacial score (nSPS) is 14.5. The predicted molar refractivity (Wildman–Crippen MR) is 87.6 cm³/mol. The number of benzene rings is 1. The van der Waals surface area contributed by atoms with Crippen LogP contribution in [0.5, 0.6) is 0 Å². The van der Waals surface area contributed by atoms with E-state index in [1.54, 1.807) is 0 Å². The second-order valence-corrected chi connectivity index (χ2v) is 6.46. The number of hydrogen-bond donors (Lipinski definition) is 0. The minimum absolute atomic E-state index is 0.00690. The topological polar surface area (TPSA) is 36.4 Å². The van der Waals surface area contributed by atoms with E-state index in [9.17, 15) is 4.79 Å². The number of hydrogen-bond acceptors (Lipinski definition) is 4. The lowest BCUT2D eigenvalue weighted by Crippen LogP contribution is -2.42. The number of thiazole rings is 1. The van der Waals surface area contributed by atoms with Crippen molar-refractivity contribution in [2.24, 2.45) is 0 Å². The van der Waals surface area contributed by atoms with Gasteiger partial charge < -0.3 is 9.80 Å². The van der Waals surface area contributed by atoms with Gasteiger partial charge in [-0.1, -0.05) is 26.0 Å². The zero-order chi connectivity index (χ0) is 15.0. The summed E-state index contributed by atoms with van der Waals surface area (Å²) in [5.41, 5.74) is 3.06. The Bertz CT molecular complexity index is 665. The van der Waals surface area contributed by atoms with Crippen molar-refractivity contribution in [1.82, 2.24) is 4.98 Å². The summed E-state index contributed by atoms with van der Waals surface area (Å²) < 4.78 is 0. The van der Waals surface area contributed by atoms with Gasteiger partial charge in [0.15, 0.2) is 5.01 Å². The molecule has 21 heavy (non-hydrogen) atoms. The smallest absolute Gasteiger partial charge is 0.287 e. The van der Waals surface area contributed by atoms with E-state index >= 15 is 0 Å². The minimum atomic E-state index is 0.00690. The van der Waals surface area contributed by atoms with Gasteiger partial charge in [-0.25, -0.2) is 4.98 Å². The van der Waals surface area contributed by atoms with E-state index in [4.69, 9.17) is 0 Å². The van der Waals surface area contributed by atoms with Gasteiger partial charge in [0.1, 0.15) is 0 Å². The van der Waals surface area contributed by atoms with Crippen LogP contribution < -0.4 is 9.80 Å². The van der Waals surface area contributed by atoms with Gasteiger partial charge in [0.2, 0.25) is 0 Å². The van der Waals surface area contributed by atoms with Gasteiger partial charge in [0, 0.05) is 25.5 Å². The van der Waals surface area contributed by atoms with Gasteiger partial charge in [0.25, 0.3) is 5.91 Å². The minimum Gasteiger partial charge on any atom is -0.371 e. The molecule has 1 amide bonds. The molecule has 110 valence electrons. The maximum absolute atomic E-state index is 12.8. The van der Waals surface area contributed by atoms with Gasteiger partial charge in [-0.3, -0.25) is 4.79 Å². The van der Waals surface area contributed by atoms with Crippen molar-refractivity contribution in [2.45, 2.75) is 19.8 Å². The van der Waals surface area contributed by atoms with Crippen LogP contribution in [0.25, 0.3) is 0 Å². The third-order valence-corrected chi connectivity index (χ3v) is 4.63. The fourth-order valence-corrected chi connectivity index (χ4v) is 3.41. The lowest BCUT2D eigenvalue weighted by atomic mass is 10.1. The van der Waals surface area contributed by atoms with Crippen molar-refractivity contribution in [3.05, 3.63) is 40.3 Å². The highest BCUT2D eigenvalue weighted by Crippen LogP contribution is 2.33. The predicted octanol–water partition coefficient (Wildman–Crippen LogP) is 3.36. The Kier molecular flexibility index (Phi) is 3.68. The number of carbonyl (C=O) groups is 1. The van der Waals surface area contributed by atoms with E-state index in [0.717, 1.165) is 23.6 Å². The summed E-state index contributed by atoms with van der Waals surface area (Å²) in [6.45, 7) is 5.72. The number of likely N-dealkylation sites (N-methyl/N-ethyl adjacent to an activating group) is 1. The summed E-state index contributed by atoms with van der Waals surface area (Å²) in [4.78, 5) is 21.3. The first-order valence-corrected chi connectivity index (χ1v) is 8.03. The molecule has 2 aromatic rings. The van der Waals surface area contributed by atoms with Crippen LogP contribution in [-0.4, -0.2) is 31.0 Å². The van der Waals surface area contributed by atoms with Crippen molar-refractivity contribution in [3.8, 4) is 0 Å². The zero-order valence-corrected chi connectivity index (χ0v) is 13.4. The molecule has 0 aliphatic carbocycles. The van der Waals surface area contributed by atoms with E-state index in [1.165, 1.54) is 11.3 Å². The molecule has 4 nitrogen and oxygen atoms in total. The third-order valence-electron chi connectivity index (χ3n) is 3.78. The van der Waals surface area contributed by atoms with Crippen LogP contribution >= 0.6 is 11.3 Å². The molecule has 0 spiro atoms. The Morgan fingerprint density at radius 2 is 1.95 bits per heavy atom. The van der Waals surface area contributed by atoms with Gasteiger partial charge in [-0.15, -0.1) is 11.3 Å². The van der Waals surface area contributed by atoms with Crippen molar-refractivity contribution in [2.75, 3.05) is 29.9 Å². The summed E-state index contributed by atoms with van der Waals surface area (Å²) in [6, 6.07) is 8.03. The molecule has 0 saturated heterocycles. The molecule has 1 aliphatic heterocycles. The largest absolute Gasteiger partial charge is 0.371 e. The summed E-state index contributed by atoms with van der Waals surface area (Å²) in [5, 5.41) is 2.57. The average molecular weight is 301 g/mol. The molecule has 0 fully saturated rings. The Balaban J connectivity index is 1.93. The number of carbonyl (C=O) groups excluding carboxylic acids is 1. The Morgan fingerprint density at radius 3 is 2.62 bits per heavy atom. The first-order valence-electron chi connectivity index (χ1n) is 7.15. The molecule has 1 aromatic carbocycles. The zero-order valence-electron chi connectivity index (χ0n) is 12.5. The highest BCUT2D eigenvalue weighted by atomic mass is 32.1. The third kappa shape index (κ3) is 2.53. The molecule has 0 radical (unpaired) electrons. The SMILES string of the molecule is CC(C)c1csc(C(=O)N2CCN(C)c3ccccc32)n1. The second kappa shape index (κ2) is 5.48. The molecule has 0 bridgehead atoms. The summed E-state index contributed by atoms with van der Waals surface area (Å²) >= 11 is 1.44. The highest BCUT2D eigenvalue weighted by Gasteiger charge is 2.27. The van der Waals surface area contributed by atoms with Crippen LogP contribution in [0.2, 0.25) is 0 Å². The van der Waals surface area contributed by atoms with Gasteiger partial charge in [-0.05, 0) is 18.1 Å². The Hall–Kier alpha value is -1.88. The van der Waals surface area contributed by atoms with E-state index < -0.39 is 0 Å². The molecule has 5 heteroatoms. The number of anilines is 2. The molecule has 0 atom stereocenters. The molecule has 0 unspecified atom stereocenters. The summed E-state index contributed by atoms with van der Waals surface area (Å²) in [5.74, 6) is 0.357. The molecule has 3 rings (SSSR count). The molecule has 1 aliphatic rings. The molecule has 1 aromatic heterocycles. The van der Waals surface area contributed by atoms with E-state index in [-0.39, 0.29) is 5.91 Å². The van der Waals surface area contributed by atoms with Crippen LogP contribution in [0, 0.1) is 0 Å². The molecular weight excluding hydrogens is 282 g/mol. The monoisotopic (exact) mass is 301 g/mol. The standard InChI is InChI=1S/C16H19N3OS/c1-11(2)12-10-21-15(17-12)16(20)19-9-8-18(3)13-6-4-5-7-14(13)19/h4-7,10-11H,8-9H2,1-3H3. The first kappa shape index (κ1) is 14.1. The molecular formula is C16H19N3OS. The van der Waals surface area contributed by atoms with Crippen LogP contribution in [0.15, 0.2) is 29.6 Å². The number of amides is 1. The van der Waals surface area contributed by atoms with Crippen molar-refractivity contribution in [1.29, 1.82) is 0 Å². The van der Waals surface area contributed by atoms with E-state index in [1.807, 2.05) is 28.5 Å². The quantitative estimate of drug-likeness (QED) is 0.853. The molecule has 0 saturated carbocycles. The van der Waals surface area contributed by atoms with Gasteiger partial charge in [0.05, 0.1) is 17.1 Å². The summed E-state index contributed by atoms with van der Waals surface area (Å²) in [6.07, 6.45) is 0. The maximum atomic E-state index is 12.8. The fourth-order valence-electron chi connectivity index (χ4n) is 2.48.